The largest absolute Gasteiger partial charge is 0.391 e. The predicted molar refractivity (Wildman–Crippen MR) is 72.5 cm³/mol. The zero-order valence-electron chi connectivity index (χ0n) is 11.2. The van der Waals surface area contributed by atoms with Crippen molar-refractivity contribution in [3.05, 3.63) is 18.0 Å². The minimum atomic E-state index is -3.83. The third-order valence-corrected chi connectivity index (χ3v) is 4.47. The Bertz CT molecular complexity index is 608. The van der Waals surface area contributed by atoms with Gasteiger partial charge >= 0.3 is 0 Å². The number of aliphatic hydroxyl groups excluding tert-OH is 1. The second kappa shape index (κ2) is 5.55. The predicted octanol–water partition coefficient (Wildman–Crippen LogP) is -0.294. The lowest BCUT2D eigenvalue weighted by atomic mass is 9.92. The first-order chi connectivity index (χ1) is 9.29. The number of nitrogens with one attached hydrogen (secondary N) is 1. The van der Waals surface area contributed by atoms with E-state index in [9.17, 15) is 18.3 Å². The molecule has 1 aromatic heterocycles. The third kappa shape index (κ3) is 3.20. The normalized spacial score (nSPS) is 23.6. The number of aryl methyl sites for hydroxylation is 1. The molecule has 4 N–H and O–H groups in total. The van der Waals surface area contributed by atoms with Crippen LogP contribution in [0.25, 0.3) is 0 Å². The van der Waals surface area contributed by atoms with Gasteiger partial charge in [0.2, 0.25) is 10.0 Å². The van der Waals surface area contributed by atoms with Crippen molar-refractivity contribution in [2.24, 2.45) is 12.2 Å². The second-order valence-corrected chi connectivity index (χ2v) is 6.71. The molecule has 8 heteroatoms. The summed E-state index contributed by atoms with van der Waals surface area (Å²) in [5.41, 5.74) is 0.201. The molecule has 0 radical (unpaired) electrons. The average molecular weight is 301 g/mol. The molecular weight excluding hydrogens is 282 g/mol. The topological polar surface area (TPSA) is 114 Å². The standard InChI is InChI=1S/C12H19N3O4S/c1-15-7-8(20(13,18)19)6-10(15)12(17)14-9-4-2-3-5-11(9)16/h6-7,9,11,16H,2-5H2,1H3,(H,14,17)(H2,13,18,19). The molecule has 0 aromatic carbocycles. The molecule has 1 aliphatic rings. The minimum Gasteiger partial charge on any atom is -0.391 e. The molecule has 112 valence electrons. The molecule has 1 fully saturated rings. The maximum atomic E-state index is 12.1. The molecule has 2 atom stereocenters. The van der Waals surface area contributed by atoms with Crippen molar-refractivity contribution < 1.29 is 18.3 Å². The molecule has 1 heterocycles. The molecule has 1 amide bonds. The maximum Gasteiger partial charge on any atom is 0.268 e. The Morgan fingerprint density at radius 3 is 2.65 bits per heavy atom. The Hall–Kier alpha value is -1.38. The van der Waals surface area contributed by atoms with Crippen LogP contribution >= 0.6 is 0 Å². The molecule has 20 heavy (non-hydrogen) atoms. The van der Waals surface area contributed by atoms with Gasteiger partial charge in [0.1, 0.15) is 10.6 Å². The van der Waals surface area contributed by atoms with E-state index in [1.165, 1.54) is 16.8 Å². The monoisotopic (exact) mass is 301 g/mol. The van der Waals surface area contributed by atoms with Gasteiger partial charge in [0.25, 0.3) is 5.91 Å². The van der Waals surface area contributed by atoms with Crippen LogP contribution in [0.5, 0.6) is 0 Å². The Labute approximate surface area is 117 Å². The Balaban J connectivity index is 2.15. The quantitative estimate of drug-likeness (QED) is 0.711. The van der Waals surface area contributed by atoms with E-state index in [0.717, 1.165) is 19.3 Å². The van der Waals surface area contributed by atoms with Gasteiger partial charge in [-0.1, -0.05) is 12.8 Å². The highest BCUT2D eigenvalue weighted by molar-refractivity contribution is 7.89. The molecule has 0 aliphatic heterocycles. The van der Waals surface area contributed by atoms with Crippen molar-refractivity contribution in [2.75, 3.05) is 0 Å². The zero-order valence-corrected chi connectivity index (χ0v) is 12.1. The SMILES string of the molecule is Cn1cc(S(N)(=O)=O)cc1C(=O)NC1CCCCC1O. The van der Waals surface area contributed by atoms with E-state index in [0.29, 0.717) is 6.42 Å². The van der Waals surface area contributed by atoms with Crippen LogP contribution in [0.1, 0.15) is 36.2 Å². The van der Waals surface area contributed by atoms with Gasteiger partial charge in [-0.3, -0.25) is 4.79 Å². The number of primary sulfonamides is 1. The number of carbonyl (C=O) groups is 1. The zero-order chi connectivity index (χ0) is 14.9. The van der Waals surface area contributed by atoms with E-state index in [-0.39, 0.29) is 16.6 Å². The number of sulfonamides is 1. The number of nitrogens with two attached hydrogens (primary N) is 1. The van der Waals surface area contributed by atoms with Crippen molar-refractivity contribution in [2.45, 2.75) is 42.7 Å². The van der Waals surface area contributed by atoms with Gasteiger partial charge in [0, 0.05) is 13.2 Å². The maximum absolute atomic E-state index is 12.1. The van der Waals surface area contributed by atoms with Gasteiger partial charge in [-0.25, -0.2) is 13.6 Å². The minimum absolute atomic E-state index is 0.102. The van der Waals surface area contributed by atoms with Crippen LogP contribution in [0.3, 0.4) is 0 Å². The molecule has 2 unspecified atom stereocenters. The number of nitrogens with zero attached hydrogens (tertiary/aromatic N) is 1. The van der Waals surface area contributed by atoms with E-state index >= 15 is 0 Å². The lowest BCUT2D eigenvalue weighted by molar-refractivity contribution is 0.0711. The summed E-state index contributed by atoms with van der Waals surface area (Å²) < 4.78 is 23.9. The number of hydrogen-bond donors (Lipinski definition) is 3. The van der Waals surface area contributed by atoms with Crippen LogP contribution in [0, 0.1) is 0 Å². The summed E-state index contributed by atoms with van der Waals surface area (Å²) in [5, 5.41) is 17.6. The molecule has 1 aliphatic carbocycles. The van der Waals surface area contributed by atoms with Crippen LogP contribution in [-0.2, 0) is 17.1 Å². The van der Waals surface area contributed by atoms with Crippen LogP contribution in [0.4, 0.5) is 0 Å². The summed E-state index contributed by atoms with van der Waals surface area (Å²) in [4.78, 5) is 12.0. The van der Waals surface area contributed by atoms with E-state index in [2.05, 4.69) is 5.32 Å². The van der Waals surface area contributed by atoms with Crippen molar-refractivity contribution in [3.63, 3.8) is 0 Å². The summed E-state index contributed by atoms with van der Waals surface area (Å²) in [6.45, 7) is 0. The van der Waals surface area contributed by atoms with Crippen molar-refractivity contribution >= 4 is 15.9 Å². The van der Waals surface area contributed by atoms with E-state index in [4.69, 9.17) is 5.14 Å². The number of rotatable bonds is 3. The number of aromatic nitrogens is 1. The molecule has 0 spiro atoms. The van der Waals surface area contributed by atoms with Crippen LogP contribution < -0.4 is 10.5 Å². The van der Waals surface area contributed by atoms with Crippen LogP contribution in [0.15, 0.2) is 17.2 Å². The highest BCUT2D eigenvalue weighted by atomic mass is 32.2. The van der Waals surface area contributed by atoms with Gasteiger partial charge in [-0.05, 0) is 18.9 Å². The first-order valence-corrected chi connectivity index (χ1v) is 8.02. The second-order valence-electron chi connectivity index (χ2n) is 5.15. The number of aliphatic hydroxyl groups is 1. The van der Waals surface area contributed by atoms with Gasteiger partial charge in [-0.15, -0.1) is 0 Å². The molecular formula is C12H19N3O4S. The lowest BCUT2D eigenvalue weighted by Gasteiger charge is -2.28. The molecule has 1 saturated carbocycles. The summed E-state index contributed by atoms with van der Waals surface area (Å²) in [7, 11) is -2.26. The molecule has 0 bridgehead atoms. The fourth-order valence-electron chi connectivity index (χ4n) is 2.44. The fraction of sp³-hybridized carbons (Fsp3) is 0.583. The van der Waals surface area contributed by atoms with E-state index < -0.39 is 22.0 Å². The average Bonchev–Trinajstić information content (AvgIpc) is 2.74. The molecule has 1 aromatic rings. The number of amides is 1. The number of hydrogen-bond acceptors (Lipinski definition) is 4. The first-order valence-electron chi connectivity index (χ1n) is 6.47. The first kappa shape index (κ1) is 15.0. The van der Waals surface area contributed by atoms with Gasteiger partial charge in [-0.2, -0.15) is 0 Å². The van der Waals surface area contributed by atoms with Crippen molar-refractivity contribution in [3.8, 4) is 0 Å². The lowest BCUT2D eigenvalue weighted by Crippen LogP contribution is -2.45. The van der Waals surface area contributed by atoms with Crippen LogP contribution in [-0.4, -0.2) is 36.1 Å². The molecule has 0 saturated heterocycles. The Kier molecular flexibility index (Phi) is 4.17. The summed E-state index contributed by atoms with van der Waals surface area (Å²) >= 11 is 0. The fourth-order valence-corrected chi connectivity index (χ4v) is 3.02. The van der Waals surface area contributed by atoms with E-state index in [1.54, 1.807) is 7.05 Å². The summed E-state index contributed by atoms with van der Waals surface area (Å²) in [5.74, 6) is -0.409. The van der Waals surface area contributed by atoms with Gasteiger partial charge < -0.3 is 15.0 Å². The Morgan fingerprint density at radius 1 is 1.45 bits per heavy atom. The Morgan fingerprint density at radius 2 is 2.10 bits per heavy atom. The highest BCUT2D eigenvalue weighted by Gasteiger charge is 2.26. The van der Waals surface area contributed by atoms with Crippen molar-refractivity contribution in [1.29, 1.82) is 0 Å². The van der Waals surface area contributed by atoms with Gasteiger partial charge in [0.05, 0.1) is 12.1 Å². The van der Waals surface area contributed by atoms with Crippen molar-refractivity contribution in [1.82, 2.24) is 9.88 Å². The van der Waals surface area contributed by atoms with Crippen LogP contribution in [0.2, 0.25) is 0 Å². The van der Waals surface area contributed by atoms with Gasteiger partial charge in [0.15, 0.2) is 0 Å². The third-order valence-electron chi connectivity index (χ3n) is 3.59. The summed E-state index contributed by atoms with van der Waals surface area (Å²) in [6.07, 6.45) is 4.04. The van der Waals surface area contributed by atoms with E-state index in [1.807, 2.05) is 0 Å². The molecule has 2 rings (SSSR count). The smallest absolute Gasteiger partial charge is 0.268 e. The summed E-state index contributed by atoms with van der Waals surface area (Å²) in [6, 6.07) is 0.948. The highest BCUT2D eigenvalue weighted by Crippen LogP contribution is 2.19. The molecule has 7 nitrogen and oxygen atoms in total. The number of carbonyl (C=O) groups excluding carboxylic acids is 1.